The van der Waals surface area contributed by atoms with E-state index in [1.165, 1.54) is 25.7 Å². The number of carboxylic acid groups (broad SMARTS) is 1. The number of aliphatic carboxylic acids is 1. The maximum atomic E-state index is 13.4. The van der Waals surface area contributed by atoms with Gasteiger partial charge in [0.05, 0.1) is 6.04 Å². The fraction of sp³-hybridized carbons (Fsp3) is 0.607. The van der Waals surface area contributed by atoms with E-state index in [0.717, 1.165) is 5.56 Å². The number of carboxylic acids is 1. The normalized spacial score (nSPS) is 17.7. The first kappa shape index (κ1) is 31.9. The maximum Gasteiger partial charge on any atom is 0.326 e. The standard InChI is InChI=1S/C28H42N4O7/c1-18(33)23(34)15-9-5-8-13-20(29)24(35)31-28(2,3)27(39)30-21(17-19-11-6-4-7-12-19)25(36)32-16-10-14-22(32)26(37)38/h4,6-7,11-12,18,20-22,33H,5,8-10,13-17,29H2,1-3H3,(H,30,39)(H,31,35)(H,37,38)/t18-,20+,21+,22-/m1/s1. The number of Topliss-reactive ketones (excluding diaryl/α,β-unsaturated/α-hetero) is 1. The second kappa shape index (κ2) is 14.7. The smallest absolute Gasteiger partial charge is 0.326 e. The zero-order valence-corrected chi connectivity index (χ0v) is 23.0. The van der Waals surface area contributed by atoms with E-state index < -0.39 is 53.5 Å². The summed E-state index contributed by atoms with van der Waals surface area (Å²) >= 11 is 0. The average Bonchev–Trinajstić information content (AvgIpc) is 3.38. The summed E-state index contributed by atoms with van der Waals surface area (Å²) in [6, 6.07) is 6.26. The van der Waals surface area contributed by atoms with Gasteiger partial charge < -0.3 is 31.5 Å². The highest BCUT2D eigenvalue weighted by Gasteiger charge is 2.40. The van der Waals surface area contributed by atoms with Gasteiger partial charge in [0.2, 0.25) is 17.7 Å². The number of unbranched alkanes of at least 4 members (excludes halogenated alkanes) is 2. The molecule has 0 aromatic heterocycles. The molecule has 11 nitrogen and oxygen atoms in total. The Kier molecular flexibility index (Phi) is 12.1. The fourth-order valence-corrected chi connectivity index (χ4v) is 4.51. The van der Waals surface area contributed by atoms with Crippen molar-refractivity contribution in [2.45, 2.75) is 102 Å². The van der Waals surface area contributed by atoms with Crippen molar-refractivity contribution in [1.82, 2.24) is 15.5 Å². The van der Waals surface area contributed by atoms with Crippen molar-refractivity contribution in [3.63, 3.8) is 0 Å². The predicted octanol–water partition coefficient (Wildman–Crippen LogP) is 0.912. The molecule has 0 radical (unpaired) electrons. The molecule has 11 heteroatoms. The molecule has 1 heterocycles. The Labute approximate surface area is 229 Å². The molecule has 0 aliphatic carbocycles. The summed E-state index contributed by atoms with van der Waals surface area (Å²) in [5, 5.41) is 24.2. The molecule has 216 valence electrons. The number of hydrogen-bond donors (Lipinski definition) is 5. The Bertz CT molecular complexity index is 1010. The van der Waals surface area contributed by atoms with Gasteiger partial charge in [-0.15, -0.1) is 0 Å². The van der Waals surface area contributed by atoms with Gasteiger partial charge >= 0.3 is 5.97 Å². The molecule has 0 spiro atoms. The number of ketones is 1. The predicted molar refractivity (Wildman–Crippen MR) is 144 cm³/mol. The number of likely N-dealkylation sites (tertiary alicyclic amines) is 1. The third-order valence-corrected chi connectivity index (χ3v) is 6.95. The molecule has 0 bridgehead atoms. The minimum Gasteiger partial charge on any atom is -0.480 e. The maximum absolute atomic E-state index is 13.4. The van der Waals surface area contributed by atoms with E-state index in [0.29, 0.717) is 45.1 Å². The molecular weight excluding hydrogens is 504 g/mol. The van der Waals surface area contributed by atoms with Crippen molar-refractivity contribution >= 4 is 29.5 Å². The Morgan fingerprint density at radius 1 is 1.10 bits per heavy atom. The van der Waals surface area contributed by atoms with Gasteiger partial charge in [-0.05, 0) is 52.0 Å². The van der Waals surface area contributed by atoms with Gasteiger partial charge in [0.1, 0.15) is 23.7 Å². The average molecular weight is 547 g/mol. The second-order valence-corrected chi connectivity index (χ2v) is 10.7. The number of nitrogens with one attached hydrogen (secondary N) is 2. The summed E-state index contributed by atoms with van der Waals surface area (Å²) in [4.78, 5) is 63.9. The van der Waals surface area contributed by atoms with Gasteiger partial charge in [0, 0.05) is 19.4 Å². The summed E-state index contributed by atoms with van der Waals surface area (Å²) < 4.78 is 0. The SMILES string of the molecule is C[C@@H](O)C(=O)CCCCC[C@H](N)C(=O)NC(C)(C)C(=O)N[C@@H](Cc1ccccc1)C(=O)N1CCC[C@@H]1C(=O)O. The molecule has 1 fully saturated rings. The Morgan fingerprint density at radius 3 is 2.38 bits per heavy atom. The lowest BCUT2D eigenvalue weighted by Gasteiger charge is -2.31. The highest BCUT2D eigenvalue weighted by molar-refractivity contribution is 5.96. The third-order valence-electron chi connectivity index (χ3n) is 6.95. The highest BCUT2D eigenvalue weighted by atomic mass is 16.4. The Balaban J connectivity index is 2.00. The quantitative estimate of drug-likeness (QED) is 0.201. The first-order valence-electron chi connectivity index (χ1n) is 13.5. The van der Waals surface area contributed by atoms with Crippen molar-refractivity contribution < 1.29 is 34.2 Å². The number of aliphatic hydroxyl groups is 1. The first-order valence-corrected chi connectivity index (χ1v) is 13.5. The number of nitrogens with zero attached hydrogens (tertiary/aromatic N) is 1. The van der Waals surface area contributed by atoms with Crippen LogP contribution in [0.2, 0.25) is 0 Å². The Hall–Kier alpha value is -3.31. The molecule has 1 aromatic rings. The van der Waals surface area contributed by atoms with Gasteiger partial charge in [-0.25, -0.2) is 4.79 Å². The highest BCUT2D eigenvalue weighted by Crippen LogP contribution is 2.20. The molecule has 0 saturated carbocycles. The van der Waals surface area contributed by atoms with Crippen molar-refractivity contribution in [3.05, 3.63) is 35.9 Å². The van der Waals surface area contributed by atoms with Crippen LogP contribution in [0, 0.1) is 0 Å². The van der Waals surface area contributed by atoms with Crippen LogP contribution in [0.5, 0.6) is 0 Å². The molecule has 0 unspecified atom stereocenters. The summed E-state index contributed by atoms with van der Waals surface area (Å²) in [6.07, 6.45) is 2.56. The van der Waals surface area contributed by atoms with E-state index in [1.807, 2.05) is 30.3 Å². The molecule has 4 atom stereocenters. The van der Waals surface area contributed by atoms with Gasteiger partial charge in [0.15, 0.2) is 5.78 Å². The summed E-state index contributed by atoms with van der Waals surface area (Å²) in [5.74, 6) is -2.91. The van der Waals surface area contributed by atoms with Crippen molar-refractivity contribution in [2.24, 2.45) is 5.73 Å². The van der Waals surface area contributed by atoms with E-state index in [2.05, 4.69) is 10.6 Å². The largest absolute Gasteiger partial charge is 0.480 e. The number of rotatable bonds is 15. The van der Waals surface area contributed by atoms with Crippen molar-refractivity contribution in [1.29, 1.82) is 0 Å². The van der Waals surface area contributed by atoms with E-state index in [1.54, 1.807) is 0 Å². The van der Waals surface area contributed by atoms with Crippen molar-refractivity contribution in [2.75, 3.05) is 6.54 Å². The van der Waals surface area contributed by atoms with Crippen LogP contribution in [0.25, 0.3) is 0 Å². The van der Waals surface area contributed by atoms with Gasteiger partial charge in [-0.2, -0.15) is 0 Å². The number of aliphatic hydroxyl groups excluding tert-OH is 1. The number of amides is 3. The van der Waals surface area contributed by atoms with E-state index in [9.17, 15) is 34.2 Å². The van der Waals surface area contributed by atoms with Crippen LogP contribution < -0.4 is 16.4 Å². The van der Waals surface area contributed by atoms with Crippen LogP contribution in [0.1, 0.15) is 71.3 Å². The van der Waals surface area contributed by atoms with Crippen molar-refractivity contribution in [3.8, 4) is 0 Å². The van der Waals surface area contributed by atoms with E-state index in [4.69, 9.17) is 5.73 Å². The summed E-state index contributed by atoms with van der Waals surface area (Å²) in [5.41, 5.74) is 5.42. The number of benzene rings is 1. The van der Waals surface area contributed by atoms with Gasteiger partial charge in [-0.3, -0.25) is 19.2 Å². The fourth-order valence-electron chi connectivity index (χ4n) is 4.51. The van der Waals surface area contributed by atoms with Crippen LogP contribution in [0.3, 0.4) is 0 Å². The van der Waals surface area contributed by atoms with Gasteiger partial charge in [0.25, 0.3) is 0 Å². The summed E-state index contributed by atoms with van der Waals surface area (Å²) in [7, 11) is 0. The van der Waals surface area contributed by atoms with E-state index >= 15 is 0 Å². The molecular formula is C28H42N4O7. The zero-order valence-electron chi connectivity index (χ0n) is 23.0. The first-order chi connectivity index (χ1) is 18.3. The molecule has 3 amide bonds. The minimum atomic E-state index is -1.40. The number of carbonyl (C=O) groups is 5. The summed E-state index contributed by atoms with van der Waals surface area (Å²) in [6.45, 7) is 4.74. The molecule has 1 saturated heterocycles. The monoisotopic (exact) mass is 546 g/mol. The van der Waals surface area contributed by atoms with E-state index in [-0.39, 0.29) is 18.6 Å². The lowest BCUT2D eigenvalue weighted by molar-refractivity contribution is -0.149. The number of nitrogens with two attached hydrogens (primary N) is 1. The topological polar surface area (TPSA) is 179 Å². The van der Waals surface area contributed by atoms with Crippen LogP contribution in [-0.2, 0) is 30.4 Å². The van der Waals surface area contributed by atoms with Crippen LogP contribution >= 0.6 is 0 Å². The second-order valence-electron chi connectivity index (χ2n) is 10.7. The van der Waals surface area contributed by atoms with Crippen LogP contribution in [-0.4, -0.2) is 80.9 Å². The molecule has 1 aliphatic heterocycles. The minimum absolute atomic E-state index is 0.162. The number of carbonyl (C=O) groups excluding carboxylic acids is 4. The third kappa shape index (κ3) is 9.74. The molecule has 39 heavy (non-hydrogen) atoms. The van der Waals surface area contributed by atoms with Gasteiger partial charge in [-0.1, -0.05) is 43.2 Å². The lowest BCUT2D eigenvalue weighted by Crippen LogP contribution is -2.62. The molecule has 2 rings (SSSR count). The Morgan fingerprint density at radius 2 is 1.77 bits per heavy atom. The molecule has 6 N–H and O–H groups in total. The zero-order chi connectivity index (χ0) is 29.2. The molecule has 1 aliphatic rings. The lowest BCUT2D eigenvalue weighted by atomic mass is 9.99. The number of hydrogen-bond acceptors (Lipinski definition) is 7. The molecule has 1 aromatic carbocycles. The van der Waals surface area contributed by atoms with Crippen LogP contribution in [0.4, 0.5) is 0 Å². The van der Waals surface area contributed by atoms with Crippen LogP contribution in [0.15, 0.2) is 30.3 Å².